The molecule has 30 heavy (non-hydrogen) atoms. The second-order valence-electron chi connectivity index (χ2n) is 7.55. The second-order valence-corrected chi connectivity index (χ2v) is 9.24. The van der Waals surface area contributed by atoms with Gasteiger partial charge in [-0.25, -0.2) is 8.42 Å². The lowest BCUT2D eigenvalue weighted by atomic mass is 9.96. The lowest BCUT2D eigenvalue weighted by Gasteiger charge is -2.39. The van der Waals surface area contributed by atoms with Crippen molar-refractivity contribution >= 4 is 21.6 Å². The molecule has 1 amide bonds. The summed E-state index contributed by atoms with van der Waals surface area (Å²) in [6.07, 6.45) is -1.80. The van der Waals surface area contributed by atoms with Crippen molar-refractivity contribution in [3.63, 3.8) is 0 Å². The van der Waals surface area contributed by atoms with E-state index in [1.807, 2.05) is 13.8 Å². The SMILES string of the molecule is C[C@H]1CCC[C@H](C)N1C(=O)c1cccc(S(=O)(=O)Nc2cccc(C(F)(F)F)c2)c1. The molecule has 0 aromatic heterocycles. The Morgan fingerprint density at radius 1 is 1.03 bits per heavy atom. The number of sulfonamides is 1. The number of nitrogens with one attached hydrogen (secondary N) is 1. The molecule has 162 valence electrons. The van der Waals surface area contributed by atoms with Crippen molar-refractivity contribution in [3.8, 4) is 0 Å². The maximum absolute atomic E-state index is 13.0. The molecule has 0 bridgehead atoms. The molecule has 0 spiro atoms. The summed E-state index contributed by atoms with van der Waals surface area (Å²) < 4.78 is 66.3. The van der Waals surface area contributed by atoms with E-state index in [-0.39, 0.29) is 34.1 Å². The van der Waals surface area contributed by atoms with Crippen LogP contribution in [0.1, 0.15) is 49.0 Å². The van der Waals surface area contributed by atoms with Crippen molar-refractivity contribution < 1.29 is 26.4 Å². The Bertz CT molecular complexity index is 1030. The van der Waals surface area contributed by atoms with Crippen LogP contribution < -0.4 is 4.72 Å². The Morgan fingerprint density at radius 3 is 2.30 bits per heavy atom. The zero-order valence-corrected chi connectivity index (χ0v) is 17.4. The number of hydrogen-bond donors (Lipinski definition) is 1. The van der Waals surface area contributed by atoms with Gasteiger partial charge in [-0.05, 0) is 69.5 Å². The number of amides is 1. The Kier molecular flexibility index (Phi) is 6.12. The highest BCUT2D eigenvalue weighted by atomic mass is 32.2. The van der Waals surface area contributed by atoms with Gasteiger partial charge in [0.2, 0.25) is 0 Å². The first-order valence-corrected chi connectivity index (χ1v) is 11.1. The summed E-state index contributed by atoms with van der Waals surface area (Å²) in [7, 11) is -4.18. The molecule has 1 fully saturated rings. The number of alkyl halides is 3. The number of benzene rings is 2. The molecule has 9 heteroatoms. The molecule has 2 atom stereocenters. The van der Waals surface area contributed by atoms with Gasteiger partial charge in [0.05, 0.1) is 10.5 Å². The molecule has 1 saturated heterocycles. The van der Waals surface area contributed by atoms with Crippen molar-refractivity contribution in [2.45, 2.75) is 56.3 Å². The number of likely N-dealkylation sites (tertiary alicyclic amines) is 1. The van der Waals surface area contributed by atoms with Gasteiger partial charge in [-0.15, -0.1) is 0 Å². The van der Waals surface area contributed by atoms with Crippen LogP contribution in [0.4, 0.5) is 18.9 Å². The van der Waals surface area contributed by atoms with Crippen LogP contribution in [-0.2, 0) is 16.2 Å². The monoisotopic (exact) mass is 440 g/mol. The third kappa shape index (κ3) is 4.77. The van der Waals surface area contributed by atoms with Gasteiger partial charge in [0, 0.05) is 23.3 Å². The highest BCUT2D eigenvalue weighted by Gasteiger charge is 2.32. The maximum Gasteiger partial charge on any atom is 0.416 e. The average Bonchev–Trinajstić information content (AvgIpc) is 2.67. The van der Waals surface area contributed by atoms with Gasteiger partial charge in [-0.3, -0.25) is 9.52 Å². The Hall–Kier alpha value is -2.55. The molecule has 1 aliphatic rings. The summed E-state index contributed by atoms with van der Waals surface area (Å²) in [5, 5.41) is 0. The Morgan fingerprint density at radius 2 is 1.67 bits per heavy atom. The van der Waals surface area contributed by atoms with Gasteiger partial charge in [-0.2, -0.15) is 13.2 Å². The summed E-state index contributed by atoms with van der Waals surface area (Å²) >= 11 is 0. The molecule has 5 nitrogen and oxygen atoms in total. The molecule has 1 heterocycles. The molecule has 2 aromatic carbocycles. The van der Waals surface area contributed by atoms with Crippen molar-refractivity contribution in [1.82, 2.24) is 4.90 Å². The zero-order chi connectivity index (χ0) is 22.1. The molecule has 0 radical (unpaired) electrons. The molecule has 0 saturated carbocycles. The smallest absolute Gasteiger partial charge is 0.333 e. The van der Waals surface area contributed by atoms with E-state index in [0.29, 0.717) is 0 Å². The molecule has 1 N–H and O–H groups in total. The number of piperidine rings is 1. The van der Waals surface area contributed by atoms with Crippen LogP contribution in [-0.4, -0.2) is 31.3 Å². The first kappa shape index (κ1) is 22.1. The Balaban J connectivity index is 1.87. The van der Waals surface area contributed by atoms with E-state index in [1.165, 1.54) is 24.3 Å². The van der Waals surface area contributed by atoms with Crippen molar-refractivity contribution in [1.29, 1.82) is 0 Å². The molecular formula is C21H23F3N2O3S. The summed E-state index contributed by atoms with van der Waals surface area (Å²) in [5.41, 5.74) is -0.943. The quantitative estimate of drug-likeness (QED) is 0.735. The van der Waals surface area contributed by atoms with Gasteiger partial charge in [0.15, 0.2) is 0 Å². The van der Waals surface area contributed by atoms with E-state index >= 15 is 0 Å². The van der Waals surface area contributed by atoms with E-state index in [0.717, 1.165) is 37.5 Å². The van der Waals surface area contributed by atoms with E-state index in [4.69, 9.17) is 0 Å². The standard InChI is InChI=1S/C21H23F3N2O3S/c1-14-6-3-7-15(2)26(14)20(27)16-8-4-11-19(12-16)30(28,29)25-18-10-5-9-17(13-18)21(22,23)24/h4-5,8-15,25H,3,6-7H2,1-2H3/t14-,15-/m0/s1. The number of anilines is 1. The van der Waals surface area contributed by atoms with Crippen LogP contribution >= 0.6 is 0 Å². The predicted molar refractivity (Wildman–Crippen MR) is 108 cm³/mol. The van der Waals surface area contributed by atoms with Gasteiger partial charge >= 0.3 is 6.18 Å². The van der Waals surface area contributed by atoms with Crippen molar-refractivity contribution in [2.75, 3.05) is 4.72 Å². The number of hydrogen-bond acceptors (Lipinski definition) is 3. The van der Waals surface area contributed by atoms with Crippen molar-refractivity contribution in [3.05, 3.63) is 59.7 Å². The largest absolute Gasteiger partial charge is 0.416 e. The van der Waals surface area contributed by atoms with Crippen molar-refractivity contribution in [2.24, 2.45) is 0 Å². The van der Waals surface area contributed by atoms with E-state index < -0.39 is 21.8 Å². The van der Waals surface area contributed by atoms with Crippen LogP contribution in [0.25, 0.3) is 0 Å². The minimum absolute atomic E-state index is 0.0461. The van der Waals surface area contributed by atoms with Crippen LogP contribution in [0.2, 0.25) is 0 Å². The Labute approximate surface area is 173 Å². The lowest BCUT2D eigenvalue weighted by molar-refractivity contribution is -0.137. The number of halogens is 3. The van der Waals surface area contributed by atoms with Crippen LogP contribution in [0.5, 0.6) is 0 Å². The normalized spacial score (nSPS) is 20.1. The molecule has 0 aliphatic carbocycles. The summed E-state index contributed by atoms with van der Waals surface area (Å²) in [6.45, 7) is 3.92. The van der Waals surface area contributed by atoms with Gasteiger partial charge < -0.3 is 4.90 Å². The fourth-order valence-corrected chi connectivity index (χ4v) is 4.84. The third-order valence-electron chi connectivity index (χ3n) is 5.26. The first-order chi connectivity index (χ1) is 14.0. The van der Waals surface area contributed by atoms with E-state index in [9.17, 15) is 26.4 Å². The van der Waals surface area contributed by atoms with Gasteiger partial charge in [0.1, 0.15) is 0 Å². The molecule has 3 rings (SSSR count). The zero-order valence-electron chi connectivity index (χ0n) is 16.6. The number of nitrogens with zero attached hydrogens (tertiary/aromatic N) is 1. The molecule has 2 aromatic rings. The van der Waals surface area contributed by atoms with E-state index in [1.54, 1.807) is 11.0 Å². The third-order valence-corrected chi connectivity index (χ3v) is 6.64. The first-order valence-electron chi connectivity index (χ1n) is 9.62. The summed E-state index contributed by atoms with van der Waals surface area (Å²) in [4.78, 5) is 14.6. The minimum Gasteiger partial charge on any atom is -0.333 e. The van der Waals surface area contributed by atoms with Crippen LogP contribution in [0.3, 0.4) is 0 Å². The summed E-state index contributed by atoms with van der Waals surface area (Å²) in [5.74, 6) is -0.259. The van der Waals surface area contributed by atoms with Gasteiger partial charge in [0.25, 0.3) is 15.9 Å². The van der Waals surface area contributed by atoms with Crippen LogP contribution in [0, 0.1) is 0 Å². The fraction of sp³-hybridized carbons (Fsp3) is 0.381. The molecule has 0 unspecified atom stereocenters. The summed E-state index contributed by atoms with van der Waals surface area (Å²) in [6, 6.07) is 9.59. The highest BCUT2D eigenvalue weighted by Crippen LogP contribution is 2.31. The van der Waals surface area contributed by atoms with Crippen LogP contribution in [0.15, 0.2) is 53.4 Å². The highest BCUT2D eigenvalue weighted by molar-refractivity contribution is 7.92. The van der Waals surface area contributed by atoms with Gasteiger partial charge in [-0.1, -0.05) is 12.1 Å². The minimum atomic E-state index is -4.59. The predicted octanol–water partition coefficient (Wildman–Crippen LogP) is 4.91. The number of rotatable bonds is 4. The second kappa shape index (κ2) is 8.29. The lowest BCUT2D eigenvalue weighted by Crippen LogP contribution is -2.47. The maximum atomic E-state index is 13.0. The number of carbonyl (C=O) groups excluding carboxylic acids is 1. The molecule has 1 aliphatic heterocycles. The van der Waals surface area contributed by atoms with E-state index in [2.05, 4.69) is 4.72 Å². The fourth-order valence-electron chi connectivity index (χ4n) is 3.74. The number of carbonyl (C=O) groups is 1. The topological polar surface area (TPSA) is 66.5 Å². The average molecular weight is 440 g/mol. The molecular weight excluding hydrogens is 417 g/mol.